The van der Waals surface area contributed by atoms with E-state index in [1.165, 1.54) is 22.8 Å². The number of fused-ring (bicyclic) bond motifs is 1. The van der Waals surface area contributed by atoms with Gasteiger partial charge in [-0.15, -0.1) is 0 Å². The molecule has 1 aromatic heterocycles. The number of nitrogens with zero attached hydrogens (tertiary/aromatic N) is 2. The molecule has 0 saturated carbocycles. The molecule has 0 unspecified atom stereocenters. The van der Waals surface area contributed by atoms with Crippen LogP contribution in [0.3, 0.4) is 0 Å². The van der Waals surface area contributed by atoms with Gasteiger partial charge in [0, 0.05) is 5.56 Å². The molecule has 0 radical (unpaired) electrons. The molecule has 33 heavy (non-hydrogen) atoms. The van der Waals surface area contributed by atoms with E-state index >= 15 is 0 Å². The summed E-state index contributed by atoms with van der Waals surface area (Å²) in [6, 6.07) is 13.2. The van der Waals surface area contributed by atoms with Crippen molar-refractivity contribution in [1.29, 1.82) is 0 Å². The van der Waals surface area contributed by atoms with Crippen LogP contribution in [0.2, 0.25) is 5.02 Å². The molecule has 1 aliphatic heterocycles. The van der Waals surface area contributed by atoms with Crippen molar-refractivity contribution in [2.75, 3.05) is 6.61 Å². The van der Waals surface area contributed by atoms with Gasteiger partial charge in [-0.1, -0.05) is 71.5 Å². The third kappa shape index (κ3) is 4.60. The molecule has 0 bridgehead atoms. The fraction of sp³-hybridized carbons (Fsp3) is 0.160. The van der Waals surface area contributed by atoms with Gasteiger partial charge in [0.1, 0.15) is 5.82 Å². The molecule has 0 saturated heterocycles. The Morgan fingerprint density at radius 3 is 2.70 bits per heavy atom. The zero-order valence-electron chi connectivity index (χ0n) is 17.9. The average molecular weight is 483 g/mol. The highest BCUT2D eigenvalue weighted by Crippen LogP contribution is 2.26. The Morgan fingerprint density at radius 2 is 2.00 bits per heavy atom. The van der Waals surface area contributed by atoms with Gasteiger partial charge in [0.25, 0.3) is 5.56 Å². The van der Waals surface area contributed by atoms with Crippen molar-refractivity contribution in [2.45, 2.75) is 19.9 Å². The number of aromatic nitrogens is 1. The van der Waals surface area contributed by atoms with Crippen molar-refractivity contribution in [3.63, 3.8) is 0 Å². The minimum atomic E-state index is -0.723. The summed E-state index contributed by atoms with van der Waals surface area (Å²) in [5.41, 5.74) is 1.40. The standard InChI is InChI=1S/C25H20ClFN2O3S/c1-3-32-24(31)22-15(2)28-25-29(20(22)13-12-16-8-5-4-6-9-16)23(30)21(33-25)14-17-18(26)10-7-11-19(17)27/h4-14,20H,3H2,1-2H3/b13-12+,21-14-/t20-/m0/s1. The van der Waals surface area contributed by atoms with Gasteiger partial charge in [0.15, 0.2) is 4.80 Å². The molecule has 0 spiro atoms. The van der Waals surface area contributed by atoms with E-state index < -0.39 is 23.4 Å². The molecule has 1 atom stereocenters. The highest BCUT2D eigenvalue weighted by atomic mass is 35.5. The number of carbonyl (C=O) groups excluding carboxylic acids is 1. The number of rotatable bonds is 5. The number of thiazole rings is 1. The molecule has 168 valence electrons. The summed E-state index contributed by atoms with van der Waals surface area (Å²) in [6.45, 7) is 3.62. The minimum Gasteiger partial charge on any atom is -0.463 e. The molecule has 0 fully saturated rings. The van der Waals surface area contributed by atoms with Gasteiger partial charge in [-0.05, 0) is 37.6 Å². The molecule has 4 rings (SSSR count). The van der Waals surface area contributed by atoms with E-state index in [1.807, 2.05) is 36.4 Å². The van der Waals surface area contributed by atoms with Crippen molar-refractivity contribution in [3.05, 3.63) is 108 Å². The van der Waals surface area contributed by atoms with Gasteiger partial charge in [0.05, 0.1) is 33.5 Å². The summed E-state index contributed by atoms with van der Waals surface area (Å²) in [5, 5.41) is 0.199. The van der Waals surface area contributed by atoms with Crippen LogP contribution in [0.4, 0.5) is 4.39 Å². The maximum atomic E-state index is 14.3. The summed E-state index contributed by atoms with van der Waals surface area (Å²) >= 11 is 7.26. The Bertz CT molecular complexity index is 1430. The number of benzene rings is 2. The topological polar surface area (TPSA) is 60.7 Å². The number of esters is 1. The first-order valence-corrected chi connectivity index (χ1v) is 11.5. The van der Waals surface area contributed by atoms with Crippen molar-refractivity contribution in [2.24, 2.45) is 4.99 Å². The Labute approximate surface area is 198 Å². The number of allylic oxidation sites excluding steroid dienone is 2. The van der Waals surface area contributed by atoms with E-state index in [1.54, 1.807) is 26.0 Å². The van der Waals surface area contributed by atoms with Crippen LogP contribution < -0.4 is 14.9 Å². The van der Waals surface area contributed by atoms with Crippen molar-refractivity contribution >= 4 is 41.1 Å². The highest BCUT2D eigenvalue weighted by molar-refractivity contribution is 7.07. The molecule has 0 N–H and O–H groups in total. The van der Waals surface area contributed by atoms with Gasteiger partial charge in [0.2, 0.25) is 0 Å². The smallest absolute Gasteiger partial charge is 0.338 e. The molecule has 8 heteroatoms. The van der Waals surface area contributed by atoms with Crippen LogP contribution in [0.5, 0.6) is 0 Å². The maximum Gasteiger partial charge on any atom is 0.338 e. The van der Waals surface area contributed by atoms with Crippen LogP contribution in [0.1, 0.15) is 31.0 Å². The lowest BCUT2D eigenvalue weighted by Gasteiger charge is -2.21. The van der Waals surface area contributed by atoms with E-state index in [0.717, 1.165) is 16.9 Å². The lowest BCUT2D eigenvalue weighted by molar-refractivity contribution is -0.139. The molecular formula is C25H20ClFN2O3S. The second kappa shape index (κ2) is 9.68. The number of hydrogen-bond donors (Lipinski definition) is 0. The fourth-order valence-electron chi connectivity index (χ4n) is 3.56. The van der Waals surface area contributed by atoms with E-state index in [9.17, 15) is 14.0 Å². The first-order chi connectivity index (χ1) is 15.9. The molecule has 5 nitrogen and oxygen atoms in total. The fourth-order valence-corrected chi connectivity index (χ4v) is 4.82. The summed E-state index contributed by atoms with van der Waals surface area (Å²) in [5.74, 6) is -1.06. The van der Waals surface area contributed by atoms with Crippen LogP contribution >= 0.6 is 22.9 Å². The van der Waals surface area contributed by atoms with Crippen molar-refractivity contribution < 1.29 is 13.9 Å². The third-order valence-corrected chi connectivity index (χ3v) is 6.42. The largest absolute Gasteiger partial charge is 0.463 e. The van der Waals surface area contributed by atoms with E-state index in [2.05, 4.69) is 4.99 Å². The van der Waals surface area contributed by atoms with Gasteiger partial charge in [-0.25, -0.2) is 14.2 Å². The van der Waals surface area contributed by atoms with Crippen molar-refractivity contribution in [1.82, 2.24) is 4.57 Å². The summed E-state index contributed by atoms with van der Waals surface area (Å²) < 4.78 is 21.3. The van der Waals surface area contributed by atoms with E-state index in [0.29, 0.717) is 10.5 Å². The van der Waals surface area contributed by atoms with Crippen LogP contribution in [-0.2, 0) is 9.53 Å². The molecule has 2 aromatic carbocycles. The molecule has 0 amide bonds. The van der Waals surface area contributed by atoms with Crippen LogP contribution in [0, 0.1) is 5.82 Å². The van der Waals surface area contributed by atoms with E-state index in [-0.39, 0.29) is 27.3 Å². The summed E-state index contributed by atoms with van der Waals surface area (Å²) in [6.07, 6.45) is 5.04. The monoisotopic (exact) mass is 482 g/mol. The van der Waals surface area contributed by atoms with Crippen LogP contribution in [0.25, 0.3) is 12.2 Å². The van der Waals surface area contributed by atoms with Gasteiger partial charge in [-0.2, -0.15) is 0 Å². The number of hydrogen-bond acceptors (Lipinski definition) is 5. The molecular weight excluding hydrogens is 463 g/mol. The summed E-state index contributed by atoms with van der Waals surface area (Å²) in [4.78, 5) is 31.1. The Balaban J connectivity index is 1.91. The predicted molar refractivity (Wildman–Crippen MR) is 128 cm³/mol. The minimum absolute atomic E-state index is 0.127. The zero-order chi connectivity index (χ0) is 23.5. The second-order valence-electron chi connectivity index (χ2n) is 7.25. The molecule has 3 aromatic rings. The Morgan fingerprint density at radius 1 is 1.24 bits per heavy atom. The second-order valence-corrected chi connectivity index (χ2v) is 8.67. The normalized spacial score (nSPS) is 16.1. The highest BCUT2D eigenvalue weighted by Gasteiger charge is 2.30. The number of halogens is 2. The van der Waals surface area contributed by atoms with Gasteiger partial charge < -0.3 is 4.74 Å². The van der Waals surface area contributed by atoms with E-state index in [4.69, 9.17) is 16.3 Å². The third-order valence-electron chi connectivity index (χ3n) is 5.11. The molecule has 2 heterocycles. The Kier molecular flexibility index (Phi) is 6.72. The lowest BCUT2D eigenvalue weighted by Crippen LogP contribution is -2.38. The number of ether oxygens (including phenoxy) is 1. The van der Waals surface area contributed by atoms with Crippen molar-refractivity contribution in [3.8, 4) is 0 Å². The lowest BCUT2D eigenvalue weighted by atomic mass is 10.0. The number of carbonyl (C=O) groups is 1. The van der Waals surface area contributed by atoms with Crippen LogP contribution in [0.15, 0.2) is 75.7 Å². The van der Waals surface area contributed by atoms with Gasteiger partial charge >= 0.3 is 5.97 Å². The van der Waals surface area contributed by atoms with Crippen LogP contribution in [-0.4, -0.2) is 17.1 Å². The predicted octanol–water partition coefficient (Wildman–Crippen LogP) is 4.26. The Hall–Kier alpha value is -3.29. The molecule has 1 aliphatic rings. The zero-order valence-corrected chi connectivity index (χ0v) is 19.5. The SMILES string of the molecule is CCOC(=O)C1=C(C)N=c2s/c(=C\c3c(F)cccc3Cl)c(=O)n2[C@H]1/C=C/c1ccccc1. The average Bonchev–Trinajstić information content (AvgIpc) is 3.10. The molecule has 0 aliphatic carbocycles. The van der Waals surface area contributed by atoms with Gasteiger partial charge in [-0.3, -0.25) is 9.36 Å². The first-order valence-electron chi connectivity index (χ1n) is 10.3. The first kappa shape index (κ1) is 22.9. The summed E-state index contributed by atoms with van der Waals surface area (Å²) in [7, 11) is 0. The maximum absolute atomic E-state index is 14.3. The quantitative estimate of drug-likeness (QED) is 0.511.